The molecule has 1 aromatic carbocycles. The summed E-state index contributed by atoms with van der Waals surface area (Å²) in [5.41, 5.74) is 6.99. The van der Waals surface area contributed by atoms with Crippen molar-refractivity contribution >= 4 is 23.0 Å². The molecule has 126 valence electrons. The van der Waals surface area contributed by atoms with Crippen LogP contribution in [0.3, 0.4) is 0 Å². The zero-order valence-corrected chi connectivity index (χ0v) is 13.9. The molecule has 3 N–H and O–H groups in total. The number of aromatic amines is 1. The Morgan fingerprint density at radius 1 is 1.28 bits per heavy atom. The van der Waals surface area contributed by atoms with Crippen molar-refractivity contribution in [1.29, 1.82) is 0 Å². The summed E-state index contributed by atoms with van der Waals surface area (Å²) in [5, 5.41) is 8.59. The lowest BCUT2D eigenvalue weighted by atomic mass is 9.94. The maximum absolute atomic E-state index is 12.5. The van der Waals surface area contributed by atoms with Crippen LogP contribution in [-0.2, 0) is 11.2 Å². The average Bonchev–Trinajstić information content (AvgIpc) is 3.02. The van der Waals surface area contributed by atoms with Crippen LogP contribution in [0.5, 0.6) is 0 Å². The molecule has 0 fully saturated rings. The zero-order chi connectivity index (χ0) is 17.2. The van der Waals surface area contributed by atoms with E-state index in [-0.39, 0.29) is 18.0 Å². The van der Waals surface area contributed by atoms with Gasteiger partial charge in [-0.25, -0.2) is 5.43 Å². The van der Waals surface area contributed by atoms with Crippen molar-refractivity contribution in [3.63, 3.8) is 0 Å². The monoisotopic (exact) mass is 333 g/mol. The molecular weight excluding hydrogens is 314 g/mol. The second-order valence-corrected chi connectivity index (χ2v) is 6.22. The molecule has 3 aromatic rings. The maximum atomic E-state index is 12.5. The SMILES string of the molecule is CC1NC(C(=O)N/N=C/c2ccncc2)Cc2c1[nH]c1ccccc21. The molecule has 3 heterocycles. The van der Waals surface area contributed by atoms with E-state index >= 15 is 0 Å². The number of carbonyl (C=O) groups is 1. The standard InChI is InChI=1S/C19H19N5O/c1-12-18-15(14-4-2-3-5-16(14)23-18)10-17(22-12)19(25)24-21-11-13-6-8-20-9-7-13/h2-9,11-12,17,22-23H,10H2,1H3,(H,24,25)/b21-11+. The number of hydrogen-bond donors (Lipinski definition) is 3. The third-order valence-corrected chi connectivity index (χ3v) is 4.55. The van der Waals surface area contributed by atoms with Crippen LogP contribution in [0.4, 0.5) is 0 Å². The molecule has 0 bridgehead atoms. The molecule has 1 aliphatic rings. The molecule has 1 aliphatic heterocycles. The fourth-order valence-corrected chi connectivity index (χ4v) is 3.32. The Kier molecular flexibility index (Phi) is 4.03. The number of H-pyrrole nitrogens is 1. The molecule has 2 atom stereocenters. The highest BCUT2D eigenvalue weighted by Gasteiger charge is 2.30. The van der Waals surface area contributed by atoms with Crippen molar-refractivity contribution in [2.75, 3.05) is 0 Å². The van der Waals surface area contributed by atoms with Crippen LogP contribution >= 0.6 is 0 Å². The van der Waals surface area contributed by atoms with E-state index in [0.29, 0.717) is 6.42 Å². The first-order chi connectivity index (χ1) is 12.2. The molecule has 0 aliphatic carbocycles. The third kappa shape index (κ3) is 3.04. The van der Waals surface area contributed by atoms with E-state index in [0.717, 1.165) is 16.8 Å². The summed E-state index contributed by atoms with van der Waals surface area (Å²) in [4.78, 5) is 19.9. The number of carbonyl (C=O) groups excluding carboxylic acids is 1. The van der Waals surface area contributed by atoms with Gasteiger partial charge >= 0.3 is 0 Å². The number of para-hydroxylation sites is 1. The molecular formula is C19H19N5O. The van der Waals surface area contributed by atoms with Crippen molar-refractivity contribution in [2.45, 2.75) is 25.4 Å². The number of nitrogens with zero attached hydrogens (tertiary/aromatic N) is 2. The van der Waals surface area contributed by atoms with E-state index in [2.05, 4.69) is 44.9 Å². The van der Waals surface area contributed by atoms with Gasteiger partial charge in [-0.1, -0.05) is 18.2 Å². The first kappa shape index (κ1) is 15.5. The number of aromatic nitrogens is 2. The van der Waals surface area contributed by atoms with Gasteiger partial charge in [-0.05, 0) is 42.7 Å². The smallest absolute Gasteiger partial charge is 0.257 e. The lowest BCUT2D eigenvalue weighted by Gasteiger charge is -2.27. The Labute approximate surface area is 145 Å². The number of fused-ring (bicyclic) bond motifs is 3. The van der Waals surface area contributed by atoms with Gasteiger partial charge in [-0.2, -0.15) is 5.10 Å². The van der Waals surface area contributed by atoms with Crippen LogP contribution in [0.25, 0.3) is 10.9 Å². The van der Waals surface area contributed by atoms with Gasteiger partial charge in [-0.15, -0.1) is 0 Å². The summed E-state index contributed by atoms with van der Waals surface area (Å²) >= 11 is 0. The van der Waals surface area contributed by atoms with Crippen molar-refractivity contribution in [3.05, 3.63) is 65.6 Å². The summed E-state index contributed by atoms with van der Waals surface area (Å²) in [6.45, 7) is 2.06. The van der Waals surface area contributed by atoms with E-state index in [1.165, 1.54) is 10.9 Å². The van der Waals surface area contributed by atoms with Crippen molar-refractivity contribution in [1.82, 2.24) is 20.7 Å². The Morgan fingerprint density at radius 2 is 2.08 bits per heavy atom. The van der Waals surface area contributed by atoms with E-state index in [1.807, 2.05) is 24.3 Å². The number of pyridine rings is 1. The second-order valence-electron chi connectivity index (χ2n) is 6.22. The van der Waals surface area contributed by atoms with E-state index in [1.54, 1.807) is 18.6 Å². The highest BCUT2D eigenvalue weighted by Crippen LogP contribution is 2.31. The highest BCUT2D eigenvalue weighted by molar-refractivity contribution is 5.89. The molecule has 0 saturated carbocycles. The fourth-order valence-electron chi connectivity index (χ4n) is 3.32. The van der Waals surface area contributed by atoms with Gasteiger partial charge in [0.15, 0.2) is 0 Å². The van der Waals surface area contributed by atoms with Crippen molar-refractivity contribution in [2.24, 2.45) is 5.10 Å². The molecule has 0 saturated heterocycles. The molecule has 1 amide bonds. The number of nitrogens with one attached hydrogen (secondary N) is 3. The molecule has 2 unspecified atom stereocenters. The Morgan fingerprint density at radius 3 is 2.92 bits per heavy atom. The van der Waals surface area contributed by atoms with Crippen LogP contribution in [-0.4, -0.2) is 28.1 Å². The van der Waals surface area contributed by atoms with Gasteiger partial charge < -0.3 is 4.98 Å². The summed E-state index contributed by atoms with van der Waals surface area (Å²) in [6, 6.07) is 11.6. The quantitative estimate of drug-likeness (QED) is 0.508. The number of hydrazone groups is 1. The van der Waals surface area contributed by atoms with Crippen LogP contribution in [0.15, 0.2) is 53.9 Å². The normalized spacial score (nSPS) is 19.9. The highest BCUT2D eigenvalue weighted by atomic mass is 16.2. The molecule has 0 radical (unpaired) electrons. The van der Waals surface area contributed by atoms with Gasteiger partial charge in [0.25, 0.3) is 5.91 Å². The summed E-state index contributed by atoms with van der Waals surface area (Å²) in [5.74, 6) is -0.131. The van der Waals surface area contributed by atoms with Crippen molar-refractivity contribution in [3.8, 4) is 0 Å². The Bertz CT molecular complexity index is 931. The van der Waals surface area contributed by atoms with Gasteiger partial charge in [0, 0.05) is 35.0 Å². The van der Waals surface area contributed by atoms with Gasteiger partial charge in [0.1, 0.15) is 0 Å². The lowest BCUT2D eigenvalue weighted by Crippen LogP contribution is -2.47. The minimum absolute atomic E-state index is 0.0797. The molecule has 6 heteroatoms. The van der Waals surface area contributed by atoms with Gasteiger partial charge in [-0.3, -0.25) is 15.1 Å². The number of rotatable bonds is 3. The molecule has 6 nitrogen and oxygen atoms in total. The largest absolute Gasteiger partial charge is 0.357 e. The Balaban J connectivity index is 1.50. The lowest BCUT2D eigenvalue weighted by molar-refractivity contribution is -0.123. The summed E-state index contributed by atoms with van der Waals surface area (Å²) in [7, 11) is 0. The zero-order valence-electron chi connectivity index (χ0n) is 13.9. The second kappa shape index (κ2) is 6.49. The maximum Gasteiger partial charge on any atom is 0.257 e. The minimum atomic E-state index is -0.309. The molecule has 4 rings (SSSR count). The summed E-state index contributed by atoms with van der Waals surface area (Å²) < 4.78 is 0. The average molecular weight is 333 g/mol. The Hall–Kier alpha value is -2.99. The van der Waals surface area contributed by atoms with Crippen LogP contribution < -0.4 is 10.7 Å². The van der Waals surface area contributed by atoms with E-state index in [9.17, 15) is 4.79 Å². The predicted molar refractivity (Wildman–Crippen MR) is 97.3 cm³/mol. The minimum Gasteiger partial charge on any atom is -0.357 e. The van der Waals surface area contributed by atoms with Crippen LogP contribution in [0, 0.1) is 0 Å². The predicted octanol–water partition coefficient (Wildman–Crippen LogP) is 2.29. The molecule has 25 heavy (non-hydrogen) atoms. The molecule has 0 spiro atoms. The summed E-state index contributed by atoms with van der Waals surface area (Å²) in [6.07, 6.45) is 5.63. The molecule has 2 aromatic heterocycles. The van der Waals surface area contributed by atoms with Gasteiger partial charge in [0.05, 0.1) is 12.3 Å². The van der Waals surface area contributed by atoms with E-state index in [4.69, 9.17) is 0 Å². The topological polar surface area (TPSA) is 82.2 Å². The van der Waals surface area contributed by atoms with Crippen molar-refractivity contribution < 1.29 is 4.79 Å². The van der Waals surface area contributed by atoms with Crippen LogP contribution in [0.2, 0.25) is 0 Å². The first-order valence-electron chi connectivity index (χ1n) is 8.31. The van der Waals surface area contributed by atoms with E-state index < -0.39 is 0 Å². The number of amides is 1. The number of benzene rings is 1. The first-order valence-corrected chi connectivity index (χ1v) is 8.31. The van der Waals surface area contributed by atoms with Gasteiger partial charge in [0.2, 0.25) is 0 Å². The third-order valence-electron chi connectivity index (χ3n) is 4.55. The van der Waals surface area contributed by atoms with Crippen LogP contribution in [0.1, 0.15) is 29.8 Å². The number of hydrogen-bond acceptors (Lipinski definition) is 4. The fraction of sp³-hybridized carbons (Fsp3) is 0.211.